The Morgan fingerprint density at radius 3 is 2.41 bits per heavy atom. The number of carbonyl (C=O) groups excluding carboxylic acids is 2. The van der Waals surface area contributed by atoms with Crippen LogP contribution < -0.4 is 19.5 Å². The number of carbonyl (C=O) groups is 2. The van der Waals surface area contributed by atoms with Crippen LogP contribution in [0.3, 0.4) is 0 Å². The van der Waals surface area contributed by atoms with Gasteiger partial charge in [0.2, 0.25) is 0 Å². The number of dihydropyridines is 1. The van der Waals surface area contributed by atoms with Gasteiger partial charge in [0.25, 0.3) is 0 Å². The van der Waals surface area contributed by atoms with Crippen molar-refractivity contribution in [3.05, 3.63) is 68.5 Å². The van der Waals surface area contributed by atoms with E-state index >= 15 is 0 Å². The summed E-state index contributed by atoms with van der Waals surface area (Å²) >= 11 is 3.41. The summed E-state index contributed by atoms with van der Waals surface area (Å²) in [5.74, 6) is 0.0938. The van der Waals surface area contributed by atoms with Crippen molar-refractivity contribution in [2.75, 3.05) is 20.8 Å². The monoisotopic (exact) mass is 599 g/mol. The average Bonchev–Trinajstić information content (AvgIpc) is 2.89. The van der Waals surface area contributed by atoms with Crippen LogP contribution in [0.25, 0.3) is 0 Å². The number of benzene rings is 2. The quantitative estimate of drug-likeness (QED) is 0.362. The molecule has 2 unspecified atom stereocenters. The molecule has 0 aromatic heterocycles. The largest absolute Gasteiger partial charge is 0.503 e. The number of hydrogen-bond donors (Lipinski definition) is 2. The van der Waals surface area contributed by atoms with Gasteiger partial charge in [-0.05, 0) is 91.4 Å². The minimum atomic E-state index is -0.692. The molecule has 0 fully saturated rings. The molecule has 8 nitrogen and oxygen atoms in total. The highest BCUT2D eigenvalue weighted by Gasteiger charge is 2.42. The Kier molecular flexibility index (Phi) is 8.59. The van der Waals surface area contributed by atoms with Crippen molar-refractivity contribution in [1.29, 1.82) is 0 Å². The van der Waals surface area contributed by atoms with Gasteiger partial charge in [-0.3, -0.25) is 4.79 Å². The van der Waals surface area contributed by atoms with Gasteiger partial charge in [0, 0.05) is 29.3 Å². The minimum absolute atomic E-state index is 0.0424. The van der Waals surface area contributed by atoms with Gasteiger partial charge in [-0.15, -0.1) is 0 Å². The van der Waals surface area contributed by atoms with E-state index in [4.69, 9.17) is 18.9 Å². The summed E-state index contributed by atoms with van der Waals surface area (Å²) in [5, 5.41) is 13.9. The maximum absolute atomic E-state index is 13.9. The lowest BCUT2D eigenvalue weighted by Crippen LogP contribution is -2.36. The summed E-state index contributed by atoms with van der Waals surface area (Å²) in [6.07, 6.45) is 0.486. The van der Waals surface area contributed by atoms with Gasteiger partial charge in [0.15, 0.2) is 28.8 Å². The molecule has 0 spiro atoms. The normalized spacial score (nSPS) is 19.0. The summed E-state index contributed by atoms with van der Waals surface area (Å²) in [6, 6.07) is 9.11. The molecule has 1 aliphatic carbocycles. The Morgan fingerprint density at radius 1 is 1.08 bits per heavy atom. The SMILES string of the molecule is CCOc1cc(C2C(C(=O)OC(C)C)=C(C)NC3=C2C(=O)CC(c2ccc(OC)c(OC)c2)C3)cc(Br)c1O. The predicted molar refractivity (Wildman–Crippen MR) is 150 cm³/mol. The molecule has 0 saturated heterocycles. The zero-order chi connectivity index (χ0) is 28.4. The molecule has 2 N–H and O–H groups in total. The second-order valence-electron chi connectivity index (χ2n) is 9.87. The number of methoxy groups -OCH3 is 2. The van der Waals surface area contributed by atoms with E-state index in [1.54, 1.807) is 40.2 Å². The third-order valence-corrected chi connectivity index (χ3v) is 7.56. The first kappa shape index (κ1) is 28.5. The summed E-state index contributed by atoms with van der Waals surface area (Å²) in [5.41, 5.74) is 3.87. The molecule has 39 heavy (non-hydrogen) atoms. The molecule has 4 rings (SSSR count). The Morgan fingerprint density at radius 2 is 1.77 bits per heavy atom. The van der Waals surface area contributed by atoms with Crippen LogP contribution in [-0.4, -0.2) is 43.8 Å². The van der Waals surface area contributed by atoms with Crippen molar-refractivity contribution in [1.82, 2.24) is 5.32 Å². The lowest BCUT2D eigenvalue weighted by Gasteiger charge is -2.37. The van der Waals surface area contributed by atoms with Crippen molar-refractivity contribution >= 4 is 27.7 Å². The Labute approximate surface area is 237 Å². The highest BCUT2D eigenvalue weighted by molar-refractivity contribution is 9.10. The number of allylic oxidation sites excluding steroid dienone is 3. The highest BCUT2D eigenvalue weighted by atomic mass is 79.9. The van der Waals surface area contributed by atoms with E-state index in [2.05, 4.69) is 21.2 Å². The fourth-order valence-electron chi connectivity index (χ4n) is 5.29. The molecule has 0 bridgehead atoms. The Hall–Kier alpha value is -3.46. The van der Waals surface area contributed by atoms with E-state index in [1.807, 2.05) is 32.0 Å². The second kappa shape index (κ2) is 11.7. The van der Waals surface area contributed by atoms with E-state index < -0.39 is 11.9 Å². The number of ketones is 1. The maximum atomic E-state index is 13.9. The van der Waals surface area contributed by atoms with Crippen LogP contribution in [0, 0.1) is 0 Å². The minimum Gasteiger partial charge on any atom is -0.503 e. The number of aromatic hydroxyl groups is 1. The first-order valence-electron chi connectivity index (χ1n) is 12.9. The van der Waals surface area contributed by atoms with Gasteiger partial charge in [-0.25, -0.2) is 4.79 Å². The molecule has 208 valence electrons. The van der Waals surface area contributed by atoms with Crippen LogP contribution in [0.15, 0.2) is 57.3 Å². The summed E-state index contributed by atoms with van der Waals surface area (Å²) in [4.78, 5) is 27.3. The number of phenols is 1. The lowest BCUT2D eigenvalue weighted by molar-refractivity contribution is -0.143. The molecule has 2 aliphatic rings. The van der Waals surface area contributed by atoms with Crippen LogP contribution >= 0.6 is 15.9 Å². The number of rotatable bonds is 8. The molecule has 0 amide bonds. The summed E-state index contributed by atoms with van der Waals surface area (Å²) < 4.78 is 22.5. The van der Waals surface area contributed by atoms with E-state index in [0.29, 0.717) is 51.4 Å². The fourth-order valence-corrected chi connectivity index (χ4v) is 5.75. The average molecular weight is 601 g/mol. The first-order chi connectivity index (χ1) is 18.6. The smallest absolute Gasteiger partial charge is 0.337 e. The molecule has 0 saturated carbocycles. The van der Waals surface area contributed by atoms with Gasteiger partial charge in [-0.2, -0.15) is 0 Å². The van der Waals surface area contributed by atoms with Gasteiger partial charge < -0.3 is 29.4 Å². The van der Waals surface area contributed by atoms with Crippen molar-refractivity contribution in [2.24, 2.45) is 0 Å². The van der Waals surface area contributed by atoms with Crippen LogP contribution in [0.4, 0.5) is 0 Å². The molecule has 2 atom stereocenters. The number of halogens is 1. The van der Waals surface area contributed by atoms with E-state index in [9.17, 15) is 14.7 Å². The molecular formula is C30H34BrNO7. The summed E-state index contributed by atoms with van der Waals surface area (Å²) in [6.45, 7) is 7.55. The molecule has 2 aromatic rings. The second-order valence-corrected chi connectivity index (χ2v) is 10.7. The van der Waals surface area contributed by atoms with Gasteiger partial charge in [0.05, 0.1) is 37.0 Å². The third kappa shape index (κ3) is 5.64. The van der Waals surface area contributed by atoms with Crippen molar-refractivity contribution in [3.8, 4) is 23.0 Å². The van der Waals surface area contributed by atoms with Gasteiger partial charge >= 0.3 is 5.97 Å². The van der Waals surface area contributed by atoms with Crippen molar-refractivity contribution in [3.63, 3.8) is 0 Å². The summed E-state index contributed by atoms with van der Waals surface area (Å²) in [7, 11) is 3.17. The molecule has 9 heteroatoms. The van der Waals surface area contributed by atoms with E-state index in [-0.39, 0.29) is 35.7 Å². The van der Waals surface area contributed by atoms with Gasteiger partial charge in [-0.1, -0.05) is 6.07 Å². The van der Waals surface area contributed by atoms with Crippen LogP contribution in [0.5, 0.6) is 23.0 Å². The van der Waals surface area contributed by atoms with E-state index in [1.165, 1.54) is 0 Å². The zero-order valence-corrected chi connectivity index (χ0v) is 24.6. The predicted octanol–water partition coefficient (Wildman–Crippen LogP) is 5.88. The highest BCUT2D eigenvalue weighted by Crippen LogP contribution is 2.48. The number of esters is 1. The van der Waals surface area contributed by atoms with Crippen LogP contribution in [0.1, 0.15) is 63.5 Å². The Bertz CT molecular complexity index is 1360. The third-order valence-electron chi connectivity index (χ3n) is 6.95. The maximum Gasteiger partial charge on any atom is 0.337 e. The topological polar surface area (TPSA) is 103 Å². The molecule has 1 heterocycles. The molecule has 2 aromatic carbocycles. The van der Waals surface area contributed by atoms with Crippen LogP contribution in [0.2, 0.25) is 0 Å². The van der Waals surface area contributed by atoms with Crippen LogP contribution in [-0.2, 0) is 14.3 Å². The van der Waals surface area contributed by atoms with Crippen molar-refractivity contribution in [2.45, 2.75) is 58.5 Å². The van der Waals surface area contributed by atoms with Gasteiger partial charge in [0.1, 0.15) is 0 Å². The zero-order valence-electron chi connectivity index (χ0n) is 23.0. The number of nitrogens with one attached hydrogen (secondary N) is 1. The Balaban J connectivity index is 1.83. The first-order valence-corrected chi connectivity index (χ1v) is 13.7. The number of hydrogen-bond acceptors (Lipinski definition) is 8. The number of ether oxygens (including phenoxy) is 4. The number of Topliss-reactive ketones (excluding diaryl/α,β-unsaturated/α-hetero) is 1. The van der Waals surface area contributed by atoms with Crippen molar-refractivity contribution < 1.29 is 33.6 Å². The molecule has 1 aliphatic heterocycles. The fraction of sp³-hybridized carbons (Fsp3) is 0.400. The number of phenolic OH excluding ortho intramolecular Hbond substituents is 1. The molecular weight excluding hydrogens is 566 g/mol. The lowest BCUT2D eigenvalue weighted by atomic mass is 9.71. The standard InChI is InChI=1S/C30H34BrNO7/c1-7-38-25-14-19(10-20(31)29(25)34)27-26(30(35)39-15(2)3)16(4)32-21-11-18(12-22(33)28(21)27)17-8-9-23(36-5)24(13-17)37-6/h8-10,13-15,18,27,32,34H,7,11-12H2,1-6H3. The molecule has 0 radical (unpaired) electrons. The van der Waals surface area contributed by atoms with E-state index in [0.717, 1.165) is 11.3 Å².